The molecule has 1 aliphatic heterocycles. The van der Waals surface area contributed by atoms with Crippen LogP contribution in [0.15, 0.2) is 48.5 Å². The van der Waals surface area contributed by atoms with Gasteiger partial charge in [-0.2, -0.15) is 0 Å². The van der Waals surface area contributed by atoms with Gasteiger partial charge >= 0.3 is 6.03 Å². The minimum Gasteiger partial charge on any atom is -0.371 e. The molecule has 1 fully saturated rings. The summed E-state index contributed by atoms with van der Waals surface area (Å²) in [6.45, 7) is 2.68. The minimum atomic E-state index is -0.286. The molecule has 7 heteroatoms. The van der Waals surface area contributed by atoms with Crippen molar-refractivity contribution in [2.24, 2.45) is 5.92 Å². The number of amides is 2. The first-order chi connectivity index (χ1) is 13.9. The highest BCUT2D eigenvalue weighted by atomic mass is 19.1. The van der Waals surface area contributed by atoms with E-state index in [-0.39, 0.29) is 23.7 Å². The lowest BCUT2D eigenvalue weighted by Crippen LogP contribution is -2.42. The Hall–Kier alpha value is -2.67. The first-order valence-corrected chi connectivity index (χ1v) is 9.86. The van der Waals surface area contributed by atoms with Crippen molar-refractivity contribution >= 4 is 11.7 Å². The minimum absolute atomic E-state index is 0.114. The lowest BCUT2D eigenvalue weighted by molar-refractivity contribution is 0.231. The van der Waals surface area contributed by atoms with Crippen molar-refractivity contribution in [3.63, 3.8) is 0 Å². The van der Waals surface area contributed by atoms with Gasteiger partial charge in [-0.05, 0) is 68.4 Å². The van der Waals surface area contributed by atoms with Gasteiger partial charge in [0, 0.05) is 31.9 Å². The molecule has 29 heavy (non-hydrogen) atoms. The molecule has 1 saturated heterocycles. The Morgan fingerprint density at radius 3 is 2.59 bits per heavy atom. The number of carbonyl (C=O) groups excluding carboxylic acids is 1. The van der Waals surface area contributed by atoms with E-state index in [1.54, 1.807) is 18.2 Å². The largest absolute Gasteiger partial charge is 0.371 e. The van der Waals surface area contributed by atoms with Crippen LogP contribution in [0.3, 0.4) is 0 Å². The van der Waals surface area contributed by atoms with Gasteiger partial charge in [0.2, 0.25) is 0 Å². The molecule has 2 unspecified atom stereocenters. The van der Waals surface area contributed by atoms with Gasteiger partial charge in [0.15, 0.2) is 0 Å². The second kappa shape index (κ2) is 9.69. The van der Waals surface area contributed by atoms with Crippen LogP contribution < -0.4 is 15.5 Å². The first kappa shape index (κ1) is 21.0. The van der Waals surface area contributed by atoms with Crippen LogP contribution in [-0.4, -0.2) is 51.2 Å². The molecule has 0 saturated carbocycles. The average Bonchev–Trinajstić information content (AvgIpc) is 3.16. The molecule has 2 atom stereocenters. The topological polar surface area (TPSA) is 47.6 Å². The molecular formula is C22H28F2N4O. The van der Waals surface area contributed by atoms with Gasteiger partial charge in [-0.3, -0.25) is 0 Å². The van der Waals surface area contributed by atoms with Crippen molar-refractivity contribution < 1.29 is 13.6 Å². The third kappa shape index (κ3) is 5.90. The second-order valence-corrected chi connectivity index (χ2v) is 7.70. The Bertz CT molecular complexity index is 813. The Kier molecular flexibility index (Phi) is 7.04. The Morgan fingerprint density at radius 2 is 1.90 bits per heavy atom. The highest BCUT2D eigenvalue weighted by Crippen LogP contribution is 2.23. The van der Waals surface area contributed by atoms with Crippen LogP contribution in [0, 0.1) is 17.6 Å². The Labute approximate surface area is 170 Å². The molecule has 1 heterocycles. The summed E-state index contributed by atoms with van der Waals surface area (Å²) in [6.07, 6.45) is 0.973. The van der Waals surface area contributed by atoms with Gasteiger partial charge in [-0.25, -0.2) is 13.6 Å². The predicted octanol–water partition coefficient (Wildman–Crippen LogP) is 3.39. The summed E-state index contributed by atoms with van der Waals surface area (Å²) < 4.78 is 26.6. The number of rotatable bonds is 7. The number of likely N-dealkylation sites (N-methyl/N-ethyl adjacent to an activating group) is 1. The molecule has 2 aromatic carbocycles. The van der Waals surface area contributed by atoms with Crippen molar-refractivity contribution in [3.05, 3.63) is 65.7 Å². The van der Waals surface area contributed by atoms with Crippen molar-refractivity contribution in [1.29, 1.82) is 0 Å². The monoisotopic (exact) mass is 402 g/mol. The number of benzene rings is 2. The van der Waals surface area contributed by atoms with Crippen LogP contribution in [0.2, 0.25) is 0 Å². The molecule has 0 aliphatic carbocycles. The van der Waals surface area contributed by atoms with Crippen LogP contribution in [0.1, 0.15) is 18.0 Å². The van der Waals surface area contributed by atoms with E-state index in [2.05, 4.69) is 15.5 Å². The fourth-order valence-electron chi connectivity index (χ4n) is 3.69. The number of carbonyl (C=O) groups is 1. The summed E-state index contributed by atoms with van der Waals surface area (Å²) in [4.78, 5) is 16.4. The standard InChI is InChI=1S/C22H28F2N4O/c1-27(2)21(17-4-3-5-19(24)12-17)14-26-22(29)25-13-16-10-11-28(15-16)20-8-6-18(23)7-9-20/h3-9,12,16,21H,10-11,13-15H2,1-2H3,(H2,25,26,29). The molecule has 156 valence electrons. The molecule has 2 N–H and O–H groups in total. The van der Waals surface area contributed by atoms with Crippen molar-refractivity contribution in [1.82, 2.24) is 15.5 Å². The number of anilines is 1. The summed E-state index contributed by atoms with van der Waals surface area (Å²) in [7, 11) is 3.80. The maximum absolute atomic E-state index is 13.5. The third-order valence-corrected chi connectivity index (χ3v) is 5.34. The van der Waals surface area contributed by atoms with E-state index in [0.29, 0.717) is 19.0 Å². The molecule has 3 rings (SSSR count). The Balaban J connectivity index is 1.44. The number of nitrogens with zero attached hydrogens (tertiary/aromatic N) is 2. The Morgan fingerprint density at radius 1 is 1.14 bits per heavy atom. The molecule has 1 aliphatic rings. The van der Waals surface area contributed by atoms with Crippen molar-refractivity contribution in [2.45, 2.75) is 12.5 Å². The van der Waals surface area contributed by atoms with Gasteiger partial charge in [-0.1, -0.05) is 12.1 Å². The maximum Gasteiger partial charge on any atom is 0.314 e. The molecule has 5 nitrogen and oxygen atoms in total. The van der Waals surface area contributed by atoms with Crippen molar-refractivity contribution in [2.75, 3.05) is 45.2 Å². The summed E-state index contributed by atoms with van der Waals surface area (Å²) in [5, 5.41) is 5.82. The van der Waals surface area contributed by atoms with E-state index < -0.39 is 0 Å². The van der Waals surface area contributed by atoms with Crippen LogP contribution in [0.4, 0.5) is 19.3 Å². The normalized spacial score (nSPS) is 17.4. The number of halogens is 2. The first-order valence-electron chi connectivity index (χ1n) is 9.86. The average molecular weight is 402 g/mol. The smallest absolute Gasteiger partial charge is 0.314 e. The summed E-state index contributed by atoms with van der Waals surface area (Å²) in [6, 6.07) is 12.6. The predicted molar refractivity (Wildman–Crippen MR) is 111 cm³/mol. The fraction of sp³-hybridized carbons (Fsp3) is 0.409. The van der Waals surface area contributed by atoms with E-state index in [4.69, 9.17) is 0 Å². The van der Waals surface area contributed by atoms with Gasteiger partial charge in [-0.15, -0.1) is 0 Å². The van der Waals surface area contributed by atoms with Gasteiger partial charge in [0.1, 0.15) is 11.6 Å². The van der Waals surface area contributed by atoms with Crippen LogP contribution in [0.5, 0.6) is 0 Å². The van der Waals surface area contributed by atoms with E-state index in [1.165, 1.54) is 24.3 Å². The second-order valence-electron chi connectivity index (χ2n) is 7.70. The molecule has 0 bridgehead atoms. The van der Waals surface area contributed by atoms with Crippen molar-refractivity contribution in [3.8, 4) is 0 Å². The summed E-state index contributed by atoms with van der Waals surface area (Å²) in [5.74, 6) is -0.179. The zero-order valence-corrected chi connectivity index (χ0v) is 16.9. The third-order valence-electron chi connectivity index (χ3n) is 5.34. The number of nitrogens with one attached hydrogen (secondary N) is 2. The SMILES string of the molecule is CN(C)C(CNC(=O)NCC1CCN(c2ccc(F)cc2)C1)c1cccc(F)c1. The molecular weight excluding hydrogens is 374 g/mol. The zero-order valence-electron chi connectivity index (χ0n) is 16.9. The van der Waals surface area contributed by atoms with Crippen LogP contribution >= 0.6 is 0 Å². The molecule has 0 aromatic heterocycles. The number of hydrogen-bond acceptors (Lipinski definition) is 3. The lowest BCUT2D eigenvalue weighted by Gasteiger charge is -2.25. The molecule has 2 aromatic rings. The highest BCUT2D eigenvalue weighted by molar-refractivity contribution is 5.73. The van der Waals surface area contributed by atoms with E-state index in [1.807, 2.05) is 25.1 Å². The molecule has 0 radical (unpaired) electrons. The van der Waals surface area contributed by atoms with Crippen LogP contribution in [0.25, 0.3) is 0 Å². The van der Waals surface area contributed by atoms with E-state index >= 15 is 0 Å². The quantitative estimate of drug-likeness (QED) is 0.746. The summed E-state index contributed by atoms with van der Waals surface area (Å²) in [5.41, 5.74) is 1.82. The van der Waals surface area contributed by atoms with Crippen LogP contribution in [-0.2, 0) is 0 Å². The molecule has 0 spiro atoms. The van der Waals surface area contributed by atoms with E-state index in [0.717, 1.165) is 30.8 Å². The van der Waals surface area contributed by atoms with Gasteiger partial charge in [0.05, 0.1) is 6.04 Å². The van der Waals surface area contributed by atoms with Gasteiger partial charge in [0.25, 0.3) is 0 Å². The maximum atomic E-state index is 13.5. The number of hydrogen-bond donors (Lipinski definition) is 2. The molecule has 2 amide bonds. The fourth-order valence-corrected chi connectivity index (χ4v) is 3.69. The number of urea groups is 1. The zero-order chi connectivity index (χ0) is 20.8. The summed E-state index contributed by atoms with van der Waals surface area (Å²) >= 11 is 0. The van der Waals surface area contributed by atoms with Gasteiger partial charge < -0.3 is 20.4 Å². The highest BCUT2D eigenvalue weighted by Gasteiger charge is 2.23. The van der Waals surface area contributed by atoms with E-state index in [9.17, 15) is 13.6 Å². The lowest BCUT2D eigenvalue weighted by atomic mass is 10.1.